The van der Waals surface area contributed by atoms with Gasteiger partial charge in [0.2, 0.25) is 5.78 Å². The molecule has 0 aromatic heterocycles. The molecule has 0 unspecified atom stereocenters. The molecular weight excluding hydrogens is 358 g/mol. The molecule has 0 aliphatic heterocycles. The Bertz CT molecular complexity index is 1000. The van der Waals surface area contributed by atoms with Crippen LogP contribution in [0.25, 0.3) is 0 Å². The van der Waals surface area contributed by atoms with Crippen LogP contribution in [0.15, 0.2) is 100 Å². The molecule has 0 heterocycles. The maximum absolute atomic E-state index is 12.5. The largest absolute Gasteiger partial charge is 0.493 e. The third kappa shape index (κ3) is 4.64. The van der Waals surface area contributed by atoms with Crippen LogP contribution in [-0.4, -0.2) is 17.8 Å². The lowest BCUT2D eigenvalue weighted by molar-refractivity contribution is -0.384. The Balaban J connectivity index is 1.80. The molecule has 1 aliphatic carbocycles. The number of nitrogens with zero attached hydrogens (tertiary/aromatic N) is 3. The fourth-order valence-corrected chi connectivity index (χ4v) is 2.66. The molecule has 0 atom stereocenters. The highest BCUT2D eigenvalue weighted by Gasteiger charge is 2.21. The lowest BCUT2D eigenvalue weighted by atomic mass is 9.94. The second kappa shape index (κ2) is 8.68. The Morgan fingerprint density at radius 2 is 1.79 bits per heavy atom. The molecule has 2 aromatic rings. The predicted octanol–water partition coefficient (Wildman–Crippen LogP) is 4.84. The Morgan fingerprint density at radius 1 is 1.07 bits per heavy atom. The molecule has 0 fully saturated rings. The van der Waals surface area contributed by atoms with Gasteiger partial charge >= 0.3 is 0 Å². The van der Waals surface area contributed by atoms with E-state index in [2.05, 4.69) is 10.2 Å². The van der Waals surface area contributed by atoms with E-state index in [1.807, 2.05) is 30.3 Å². The Morgan fingerprint density at radius 3 is 2.43 bits per heavy atom. The molecule has 0 amide bonds. The fraction of sp³-hybridized carbons (Fsp3) is 0.0952. The molecule has 1 aliphatic rings. The van der Waals surface area contributed by atoms with E-state index in [9.17, 15) is 14.9 Å². The number of hydrogen-bond acceptors (Lipinski definition) is 6. The van der Waals surface area contributed by atoms with Crippen LogP contribution in [0.5, 0.6) is 0 Å². The topological polar surface area (TPSA) is 94.2 Å². The SMILES string of the molecule is COC1=C/C(=C\N=Nc2ccc([N+](=O)[O-])cc2)C=C(Cc2ccccc2)C1=O. The van der Waals surface area contributed by atoms with E-state index in [1.54, 1.807) is 12.2 Å². The van der Waals surface area contributed by atoms with Gasteiger partial charge in [0.15, 0.2) is 5.76 Å². The van der Waals surface area contributed by atoms with Gasteiger partial charge in [-0.3, -0.25) is 14.9 Å². The first-order chi connectivity index (χ1) is 13.6. The molecule has 140 valence electrons. The van der Waals surface area contributed by atoms with Crippen LogP contribution < -0.4 is 0 Å². The van der Waals surface area contributed by atoms with Gasteiger partial charge in [-0.2, -0.15) is 10.2 Å². The second-order valence-electron chi connectivity index (χ2n) is 5.99. The third-order valence-corrected chi connectivity index (χ3v) is 4.05. The molecular formula is C21H17N3O4. The van der Waals surface area contributed by atoms with Gasteiger partial charge in [0.1, 0.15) is 0 Å². The van der Waals surface area contributed by atoms with E-state index < -0.39 is 4.92 Å². The number of carbonyl (C=O) groups excluding carboxylic acids is 1. The third-order valence-electron chi connectivity index (χ3n) is 4.05. The minimum Gasteiger partial charge on any atom is -0.493 e. The van der Waals surface area contributed by atoms with Crippen molar-refractivity contribution < 1.29 is 14.5 Å². The highest BCUT2D eigenvalue weighted by molar-refractivity contribution is 6.09. The van der Waals surface area contributed by atoms with E-state index in [1.165, 1.54) is 37.6 Å². The number of nitro benzene ring substituents is 1. The van der Waals surface area contributed by atoms with Gasteiger partial charge < -0.3 is 4.74 Å². The number of ketones is 1. The number of benzene rings is 2. The van der Waals surface area contributed by atoms with Crippen LogP contribution >= 0.6 is 0 Å². The zero-order valence-electron chi connectivity index (χ0n) is 15.1. The number of methoxy groups -OCH3 is 1. The van der Waals surface area contributed by atoms with E-state index >= 15 is 0 Å². The van der Waals surface area contributed by atoms with E-state index in [0.29, 0.717) is 23.3 Å². The van der Waals surface area contributed by atoms with Crippen molar-refractivity contribution >= 4 is 17.2 Å². The normalized spacial score (nSPS) is 15.5. The summed E-state index contributed by atoms with van der Waals surface area (Å²) in [5.41, 5.74) is 2.77. The molecule has 3 rings (SSSR count). The van der Waals surface area contributed by atoms with Crippen molar-refractivity contribution in [2.75, 3.05) is 7.11 Å². The van der Waals surface area contributed by atoms with Crippen LogP contribution in [0.1, 0.15) is 5.56 Å². The minimum atomic E-state index is -0.474. The summed E-state index contributed by atoms with van der Waals surface area (Å²) >= 11 is 0. The van der Waals surface area contributed by atoms with Crippen molar-refractivity contribution in [3.05, 3.63) is 106 Å². The van der Waals surface area contributed by atoms with E-state index in [4.69, 9.17) is 4.74 Å². The fourth-order valence-electron chi connectivity index (χ4n) is 2.66. The molecule has 0 bridgehead atoms. The molecule has 0 spiro atoms. The van der Waals surface area contributed by atoms with E-state index in [0.717, 1.165) is 5.56 Å². The number of non-ortho nitro benzene ring substituents is 1. The second-order valence-corrected chi connectivity index (χ2v) is 5.99. The van der Waals surface area contributed by atoms with Crippen molar-refractivity contribution in [3.63, 3.8) is 0 Å². The number of azo groups is 1. The van der Waals surface area contributed by atoms with Crippen molar-refractivity contribution in [2.24, 2.45) is 10.2 Å². The maximum atomic E-state index is 12.5. The first-order valence-electron chi connectivity index (χ1n) is 8.47. The number of Topliss-reactive ketones (excluding diaryl/α,β-unsaturated/α-hetero) is 1. The number of allylic oxidation sites excluding steroid dienone is 4. The average Bonchev–Trinajstić information content (AvgIpc) is 2.71. The summed E-state index contributed by atoms with van der Waals surface area (Å²) in [7, 11) is 1.45. The van der Waals surface area contributed by atoms with Crippen LogP contribution in [0.3, 0.4) is 0 Å². The molecule has 0 radical (unpaired) electrons. The number of rotatable bonds is 6. The van der Waals surface area contributed by atoms with Crippen LogP contribution in [0, 0.1) is 10.1 Å². The summed E-state index contributed by atoms with van der Waals surface area (Å²) in [5.74, 6) is 0.0843. The highest BCUT2D eigenvalue weighted by atomic mass is 16.6. The summed E-state index contributed by atoms with van der Waals surface area (Å²) in [6, 6.07) is 15.4. The quantitative estimate of drug-likeness (QED) is 0.410. The van der Waals surface area contributed by atoms with Crippen LogP contribution in [0.4, 0.5) is 11.4 Å². The van der Waals surface area contributed by atoms with Gasteiger partial charge in [-0.05, 0) is 35.4 Å². The van der Waals surface area contributed by atoms with Crippen LogP contribution in [0.2, 0.25) is 0 Å². The van der Waals surface area contributed by atoms with Crippen molar-refractivity contribution in [3.8, 4) is 0 Å². The average molecular weight is 375 g/mol. The van der Waals surface area contributed by atoms with Gasteiger partial charge in [0, 0.05) is 24.1 Å². The Hall–Kier alpha value is -3.87. The molecule has 2 aromatic carbocycles. The lowest BCUT2D eigenvalue weighted by Crippen LogP contribution is -2.14. The predicted molar refractivity (Wildman–Crippen MR) is 104 cm³/mol. The number of nitro groups is 1. The maximum Gasteiger partial charge on any atom is 0.269 e. The summed E-state index contributed by atoms with van der Waals surface area (Å²) in [4.78, 5) is 22.7. The van der Waals surface area contributed by atoms with Crippen molar-refractivity contribution in [2.45, 2.75) is 6.42 Å². The monoisotopic (exact) mass is 375 g/mol. The molecule has 0 saturated heterocycles. The van der Waals surface area contributed by atoms with Gasteiger partial charge in [-0.25, -0.2) is 0 Å². The molecule has 7 heteroatoms. The van der Waals surface area contributed by atoms with Crippen molar-refractivity contribution in [1.82, 2.24) is 0 Å². The van der Waals surface area contributed by atoms with Gasteiger partial charge in [-0.15, -0.1) is 0 Å². The minimum absolute atomic E-state index is 0.00995. The Kier molecular flexibility index (Phi) is 5.86. The first kappa shape index (κ1) is 18.9. The summed E-state index contributed by atoms with van der Waals surface area (Å²) in [6.45, 7) is 0. The van der Waals surface area contributed by atoms with E-state index in [-0.39, 0.29) is 17.2 Å². The number of carbonyl (C=O) groups is 1. The zero-order chi connectivity index (χ0) is 19.9. The highest BCUT2D eigenvalue weighted by Crippen LogP contribution is 2.23. The smallest absolute Gasteiger partial charge is 0.269 e. The van der Waals surface area contributed by atoms with Gasteiger partial charge in [0.25, 0.3) is 5.69 Å². The van der Waals surface area contributed by atoms with Gasteiger partial charge in [0.05, 0.1) is 23.9 Å². The number of ether oxygens (including phenoxy) is 1. The summed E-state index contributed by atoms with van der Waals surface area (Å²) in [5, 5.41) is 18.7. The lowest BCUT2D eigenvalue weighted by Gasteiger charge is -2.14. The van der Waals surface area contributed by atoms with Crippen molar-refractivity contribution in [1.29, 1.82) is 0 Å². The van der Waals surface area contributed by atoms with Crippen LogP contribution in [-0.2, 0) is 16.0 Å². The Labute approximate surface area is 161 Å². The molecule has 0 N–H and O–H groups in total. The standard InChI is InChI=1S/C21H17N3O4/c1-28-20-13-16(12-17(21(20)25)11-15-5-3-2-4-6-15)14-22-23-18-7-9-19(10-8-18)24(26)27/h2-10,12-14H,11H2,1H3/b16-14-,23-22?. The zero-order valence-corrected chi connectivity index (χ0v) is 15.1. The molecule has 7 nitrogen and oxygen atoms in total. The van der Waals surface area contributed by atoms with Gasteiger partial charge in [-0.1, -0.05) is 30.3 Å². The first-order valence-corrected chi connectivity index (χ1v) is 8.47. The summed E-state index contributed by atoms with van der Waals surface area (Å²) < 4.78 is 5.20. The summed E-state index contributed by atoms with van der Waals surface area (Å²) in [6.07, 6.45) is 5.35. The molecule has 0 saturated carbocycles. The molecule has 28 heavy (non-hydrogen) atoms. The number of hydrogen-bond donors (Lipinski definition) is 0.